The van der Waals surface area contributed by atoms with Crippen molar-refractivity contribution in [2.45, 2.75) is 6.54 Å². The normalized spacial score (nSPS) is 10.3. The van der Waals surface area contributed by atoms with Gasteiger partial charge in [0.25, 0.3) is 5.91 Å². The average molecular weight is 277 g/mol. The van der Waals surface area contributed by atoms with E-state index in [1.54, 1.807) is 0 Å². The zero-order valence-electron chi connectivity index (χ0n) is 10.7. The van der Waals surface area contributed by atoms with Gasteiger partial charge in [-0.2, -0.15) is 4.39 Å². The Morgan fingerprint density at radius 2 is 2.20 bits per heavy atom. The van der Waals surface area contributed by atoms with Crippen molar-refractivity contribution >= 4 is 11.6 Å². The number of aryl methyl sites for hydroxylation is 1. The number of hydrogen-bond acceptors (Lipinski definition) is 3. The highest BCUT2D eigenvalue weighted by Crippen LogP contribution is 2.18. The Balaban J connectivity index is 2.09. The molecular formula is C13H12FN3O3. The number of halogens is 1. The minimum Gasteiger partial charge on any atom is -0.357 e. The lowest BCUT2D eigenvalue weighted by molar-refractivity contribution is -0.387. The summed E-state index contributed by atoms with van der Waals surface area (Å²) in [5, 5.41) is 13.2. The van der Waals surface area contributed by atoms with E-state index in [-0.39, 0.29) is 5.56 Å². The predicted octanol–water partition coefficient (Wildman–Crippen LogP) is 2.00. The van der Waals surface area contributed by atoms with Gasteiger partial charge in [-0.3, -0.25) is 14.9 Å². The number of benzene rings is 1. The van der Waals surface area contributed by atoms with Crippen molar-refractivity contribution in [3.8, 4) is 0 Å². The lowest BCUT2D eigenvalue weighted by Gasteiger charge is -2.04. The van der Waals surface area contributed by atoms with Gasteiger partial charge in [-0.15, -0.1) is 0 Å². The van der Waals surface area contributed by atoms with E-state index in [1.165, 1.54) is 6.07 Å². The Morgan fingerprint density at radius 3 is 2.80 bits per heavy atom. The maximum Gasteiger partial charge on any atom is 0.305 e. The van der Waals surface area contributed by atoms with Crippen LogP contribution in [0.15, 0.2) is 36.7 Å². The van der Waals surface area contributed by atoms with E-state index in [1.807, 2.05) is 30.1 Å². The van der Waals surface area contributed by atoms with Crippen molar-refractivity contribution in [1.29, 1.82) is 0 Å². The highest BCUT2D eigenvalue weighted by atomic mass is 19.1. The first-order chi connectivity index (χ1) is 9.47. The molecular weight excluding hydrogens is 265 g/mol. The van der Waals surface area contributed by atoms with Crippen LogP contribution in [0.3, 0.4) is 0 Å². The fraction of sp³-hybridized carbons (Fsp3) is 0.154. The van der Waals surface area contributed by atoms with Gasteiger partial charge in [-0.25, -0.2) is 0 Å². The van der Waals surface area contributed by atoms with Gasteiger partial charge in [0.1, 0.15) is 0 Å². The number of nitro groups is 1. The van der Waals surface area contributed by atoms with E-state index >= 15 is 0 Å². The smallest absolute Gasteiger partial charge is 0.305 e. The number of nitro benzene ring substituents is 1. The fourth-order valence-corrected chi connectivity index (χ4v) is 1.74. The van der Waals surface area contributed by atoms with E-state index in [2.05, 4.69) is 5.32 Å². The summed E-state index contributed by atoms with van der Waals surface area (Å²) in [6, 6.07) is 4.89. The Labute approximate surface area is 114 Å². The average Bonchev–Trinajstić information content (AvgIpc) is 2.82. The minimum absolute atomic E-state index is 0.0500. The van der Waals surface area contributed by atoms with E-state index in [9.17, 15) is 19.3 Å². The Kier molecular flexibility index (Phi) is 3.79. The first kappa shape index (κ1) is 13.7. The van der Waals surface area contributed by atoms with Crippen LogP contribution < -0.4 is 5.32 Å². The summed E-state index contributed by atoms with van der Waals surface area (Å²) in [6.07, 6.45) is 3.68. The summed E-state index contributed by atoms with van der Waals surface area (Å²) in [5.74, 6) is -1.45. The van der Waals surface area contributed by atoms with Crippen LogP contribution >= 0.6 is 0 Å². The molecule has 1 N–H and O–H groups in total. The molecule has 2 aromatic rings. The van der Waals surface area contributed by atoms with Gasteiger partial charge in [-0.1, -0.05) is 0 Å². The summed E-state index contributed by atoms with van der Waals surface area (Å²) in [4.78, 5) is 21.6. The summed E-state index contributed by atoms with van der Waals surface area (Å²) in [6.45, 7) is 0.296. The number of carbonyl (C=O) groups is 1. The highest BCUT2D eigenvalue weighted by molar-refractivity contribution is 5.94. The number of nitrogens with zero attached hydrogens (tertiary/aromatic N) is 2. The standard InChI is InChI=1S/C13H12FN3O3/c1-16-5-4-9(8-16)7-15-13(18)10-2-3-11(14)12(6-10)17(19)20/h2-6,8H,7H2,1H3,(H,15,18). The van der Waals surface area contributed by atoms with Crippen molar-refractivity contribution in [3.63, 3.8) is 0 Å². The van der Waals surface area contributed by atoms with Gasteiger partial charge >= 0.3 is 5.69 Å². The molecule has 0 saturated heterocycles. The van der Waals surface area contributed by atoms with E-state index in [0.29, 0.717) is 6.54 Å². The summed E-state index contributed by atoms with van der Waals surface area (Å²) < 4.78 is 15.0. The maximum absolute atomic E-state index is 13.2. The van der Waals surface area contributed by atoms with Crippen molar-refractivity contribution in [2.75, 3.05) is 0 Å². The molecule has 0 radical (unpaired) electrons. The van der Waals surface area contributed by atoms with Gasteiger partial charge in [0, 0.05) is 37.6 Å². The SMILES string of the molecule is Cn1ccc(CNC(=O)c2ccc(F)c([N+](=O)[O-])c2)c1. The van der Waals surface area contributed by atoms with Gasteiger partial charge in [-0.05, 0) is 23.8 Å². The van der Waals surface area contributed by atoms with Gasteiger partial charge in [0.15, 0.2) is 0 Å². The molecule has 1 amide bonds. The third-order valence-corrected chi connectivity index (χ3v) is 2.75. The second-order valence-corrected chi connectivity index (χ2v) is 4.29. The Hall–Kier alpha value is -2.70. The number of carbonyl (C=O) groups excluding carboxylic acids is 1. The molecule has 1 heterocycles. The Morgan fingerprint density at radius 1 is 1.45 bits per heavy atom. The largest absolute Gasteiger partial charge is 0.357 e. The molecule has 0 aliphatic heterocycles. The number of hydrogen-bond donors (Lipinski definition) is 1. The number of amides is 1. The van der Waals surface area contributed by atoms with Gasteiger partial charge in [0.05, 0.1) is 4.92 Å². The molecule has 0 unspecified atom stereocenters. The van der Waals surface area contributed by atoms with Crippen LogP contribution in [0, 0.1) is 15.9 Å². The van der Waals surface area contributed by atoms with Crippen LogP contribution in [0.25, 0.3) is 0 Å². The molecule has 7 heteroatoms. The maximum atomic E-state index is 13.2. The molecule has 1 aromatic heterocycles. The first-order valence-electron chi connectivity index (χ1n) is 5.80. The number of rotatable bonds is 4. The van der Waals surface area contributed by atoms with E-state index in [0.717, 1.165) is 17.7 Å². The molecule has 6 nitrogen and oxygen atoms in total. The lowest BCUT2D eigenvalue weighted by Crippen LogP contribution is -2.22. The molecule has 0 saturated carbocycles. The molecule has 0 bridgehead atoms. The molecule has 0 aliphatic carbocycles. The van der Waals surface area contributed by atoms with Crippen LogP contribution in [-0.4, -0.2) is 15.4 Å². The van der Waals surface area contributed by atoms with E-state index in [4.69, 9.17) is 0 Å². The molecule has 2 rings (SSSR count). The zero-order valence-corrected chi connectivity index (χ0v) is 10.7. The topological polar surface area (TPSA) is 77.2 Å². The van der Waals surface area contributed by atoms with Crippen molar-refractivity contribution in [3.05, 3.63) is 63.7 Å². The van der Waals surface area contributed by atoms with Crippen LogP contribution in [0.5, 0.6) is 0 Å². The van der Waals surface area contributed by atoms with Crippen LogP contribution in [0.4, 0.5) is 10.1 Å². The number of nitrogens with one attached hydrogen (secondary N) is 1. The van der Waals surface area contributed by atoms with E-state index < -0.39 is 22.3 Å². The first-order valence-corrected chi connectivity index (χ1v) is 5.80. The second-order valence-electron chi connectivity index (χ2n) is 4.29. The summed E-state index contributed by atoms with van der Waals surface area (Å²) in [5.41, 5.74) is 0.240. The molecule has 0 fully saturated rings. The zero-order chi connectivity index (χ0) is 14.7. The third kappa shape index (κ3) is 3.00. The third-order valence-electron chi connectivity index (χ3n) is 2.75. The molecule has 1 aromatic carbocycles. The van der Waals surface area contributed by atoms with Crippen LogP contribution in [-0.2, 0) is 13.6 Å². The molecule has 0 aliphatic rings. The molecule has 0 spiro atoms. The van der Waals surface area contributed by atoms with Crippen molar-refractivity contribution in [2.24, 2.45) is 7.05 Å². The van der Waals surface area contributed by atoms with Gasteiger partial charge in [0.2, 0.25) is 5.82 Å². The number of aromatic nitrogens is 1. The lowest BCUT2D eigenvalue weighted by atomic mass is 10.2. The summed E-state index contributed by atoms with van der Waals surface area (Å²) in [7, 11) is 1.86. The highest BCUT2D eigenvalue weighted by Gasteiger charge is 2.17. The fourth-order valence-electron chi connectivity index (χ4n) is 1.74. The minimum atomic E-state index is -0.963. The second kappa shape index (κ2) is 5.52. The van der Waals surface area contributed by atoms with Gasteiger partial charge < -0.3 is 9.88 Å². The van der Waals surface area contributed by atoms with Crippen molar-refractivity contribution in [1.82, 2.24) is 9.88 Å². The predicted molar refractivity (Wildman–Crippen MR) is 69.6 cm³/mol. The van der Waals surface area contributed by atoms with Crippen LogP contribution in [0.2, 0.25) is 0 Å². The van der Waals surface area contributed by atoms with Crippen molar-refractivity contribution < 1.29 is 14.1 Å². The molecule has 0 atom stereocenters. The quantitative estimate of drug-likeness (QED) is 0.686. The molecule has 20 heavy (non-hydrogen) atoms. The van der Waals surface area contributed by atoms with Crippen LogP contribution in [0.1, 0.15) is 15.9 Å². The summed E-state index contributed by atoms with van der Waals surface area (Å²) >= 11 is 0. The Bertz CT molecular complexity index is 667. The molecule has 104 valence electrons. The monoisotopic (exact) mass is 277 g/mol.